The summed E-state index contributed by atoms with van der Waals surface area (Å²) in [4.78, 5) is 0. The van der Waals surface area contributed by atoms with Gasteiger partial charge in [-0.15, -0.1) is 12.2 Å². The van der Waals surface area contributed by atoms with Gasteiger partial charge in [-0.2, -0.15) is 0 Å². The van der Waals surface area contributed by atoms with Crippen LogP contribution in [-0.2, 0) is 32.3 Å². The molecule has 0 bridgehead atoms. The van der Waals surface area contributed by atoms with Crippen molar-refractivity contribution in [3.8, 4) is 0 Å². The fraction of sp³-hybridized carbons (Fsp3) is 0.133. The molecule has 0 N–H and O–H groups in total. The zero-order chi connectivity index (χ0) is 10.3. The van der Waals surface area contributed by atoms with Crippen LogP contribution in [0.4, 0.5) is 0 Å². The number of benzene rings is 1. The molecular formula is C15H13Cl2Hf-3. The predicted molar refractivity (Wildman–Crippen MR) is 64.2 cm³/mol. The molecule has 0 spiro atoms. The van der Waals surface area contributed by atoms with Crippen LogP contribution in [0.15, 0.2) is 54.1 Å². The van der Waals surface area contributed by atoms with Crippen LogP contribution in [0, 0.1) is 12.3 Å². The van der Waals surface area contributed by atoms with E-state index in [0.29, 0.717) is 0 Å². The van der Waals surface area contributed by atoms with Crippen LogP contribution in [0.5, 0.6) is 0 Å². The van der Waals surface area contributed by atoms with E-state index in [1.807, 2.05) is 0 Å². The van der Waals surface area contributed by atoms with Crippen molar-refractivity contribution in [3.05, 3.63) is 72.2 Å². The molecule has 1 aromatic rings. The van der Waals surface area contributed by atoms with Crippen LogP contribution < -0.4 is 24.8 Å². The Bertz CT molecular complexity index is 489. The van der Waals surface area contributed by atoms with Gasteiger partial charge in [-0.25, -0.2) is 0 Å². The van der Waals surface area contributed by atoms with Gasteiger partial charge in [0.1, 0.15) is 0 Å². The molecule has 2 aliphatic rings. The molecule has 0 saturated carbocycles. The van der Waals surface area contributed by atoms with Crippen molar-refractivity contribution >= 4 is 6.08 Å². The Morgan fingerprint density at radius 1 is 1.00 bits per heavy atom. The molecule has 2 aliphatic carbocycles. The maximum Gasteiger partial charge on any atom is 0 e. The van der Waals surface area contributed by atoms with Crippen LogP contribution in [0.1, 0.15) is 11.1 Å². The van der Waals surface area contributed by atoms with E-state index in [-0.39, 0.29) is 56.1 Å². The van der Waals surface area contributed by atoms with Crippen molar-refractivity contribution in [2.75, 3.05) is 0 Å². The molecule has 0 fully saturated rings. The largest absolute Gasteiger partial charge is 1.00 e. The number of allylic oxidation sites excluding steroid dienone is 5. The summed E-state index contributed by atoms with van der Waals surface area (Å²) in [5.41, 5.74) is 4.07. The molecule has 0 aromatic heterocycles. The Kier molecular flexibility index (Phi) is 6.84. The van der Waals surface area contributed by atoms with Gasteiger partial charge < -0.3 is 31.7 Å². The second kappa shape index (κ2) is 6.88. The summed E-state index contributed by atoms with van der Waals surface area (Å²) < 4.78 is 0. The van der Waals surface area contributed by atoms with Gasteiger partial charge in [0.15, 0.2) is 0 Å². The standard InChI is InChI=1S/C15H13.2ClH.Hf/c1-15(8-4-5-9-15)14-10-12-6-2-3-7-13(12)11-14;;;/h2-10H,1,11H2;2*1H;/q-1;;;/p-2. The van der Waals surface area contributed by atoms with E-state index in [9.17, 15) is 0 Å². The molecule has 0 unspecified atom stereocenters. The number of hydrogen-bond acceptors (Lipinski definition) is 0. The Labute approximate surface area is 140 Å². The maximum atomic E-state index is 4.29. The predicted octanol–water partition coefficient (Wildman–Crippen LogP) is -2.42. The van der Waals surface area contributed by atoms with E-state index in [0.717, 1.165) is 6.42 Å². The minimum atomic E-state index is -0.0982. The summed E-state index contributed by atoms with van der Waals surface area (Å²) in [6.07, 6.45) is 11.8. The van der Waals surface area contributed by atoms with E-state index in [1.54, 1.807) is 0 Å². The summed E-state index contributed by atoms with van der Waals surface area (Å²) in [6, 6.07) is 8.57. The number of halogens is 2. The third-order valence-electron chi connectivity index (χ3n) is 3.26. The van der Waals surface area contributed by atoms with Crippen LogP contribution in [0.3, 0.4) is 0 Å². The molecule has 0 nitrogen and oxygen atoms in total. The first-order valence-corrected chi connectivity index (χ1v) is 5.29. The molecule has 0 aliphatic heterocycles. The third-order valence-corrected chi connectivity index (χ3v) is 3.26. The molecule has 18 heavy (non-hydrogen) atoms. The molecule has 0 radical (unpaired) electrons. The van der Waals surface area contributed by atoms with Crippen molar-refractivity contribution in [1.82, 2.24) is 0 Å². The molecular weight excluding hydrogens is 430 g/mol. The molecule has 1 aromatic carbocycles. The average molecular weight is 443 g/mol. The first kappa shape index (κ1) is 17.9. The fourth-order valence-electron chi connectivity index (χ4n) is 2.30. The monoisotopic (exact) mass is 443 g/mol. The molecule has 0 saturated heterocycles. The Morgan fingerprint density at radius 2 is 1.61 bits per heavy atom. The smallest absolute Gasteiger partial charge is 0 e. The van der Waals surface area contributed by atoms with Gasteiger partial charge in [-0.3, -0.25) is 0 Å². The fourth-order valence-corrected chi connectivity index (χ4v) is 2.30. The molecule has 0 heterocycles. The van der Waals surface area contributed by atoms with E-state index in [2.05, 4.69) is 61.6 Å². The minimum Gasteiger partial charge on any atom is -1.00 e. The minimum absolute atomic E-state index is 0. The van der Waals surface area contributed by atoms with Gasteiger partial charge in [0.05, 0.1) is 0 Å². The van der Waals surface area contributed by atoms with Crippen molar-refractivity contribution in [2.45, 2.75) is 6.42 Å². The molecule has 3 heteroatoms. The topological polar surface area (TPSA) is 0 Å². The van der Waals surface area contributed by atoms with Gasteiger partial charge in [0, 0.05) is 25.8 Å². The summed E-state index contributed by atoms with van der Waals surface area (Å²) in [5.74, 6) is 0. The Hall–Kier alpha value is -0.110. The van der Waals surface area contributed by atoms with Crippen LogP contribution in [0.2, 0.25) is 0 Å². The molecule has 0 atom stereocenters. The van der Waals surface area contributed by atoms with Gasteiger partial charge in [-0.1, -0.05) is 53.5 Å². The first-order valence-electron chi connectivity index (χ1n) is 5.29. The van der Waals surface area contributed by atoms with E-state index >= 15 is 0 Å². The van der Waals surface area contributed by atoms with Gasteiger partial charge in [0.25, 0.3) is 0 Å². The first-order chi connectivity index (χ1) is 7.28. The Morgan fingerprint density at radius 3 is 2.22 bits per heavy atom. The maximum absolute atomic E-state index is 4.29. The second-order valence-corrected chi connectivity index (χ2v) is 4.30. The summed E-state index contributed by atoms with van der Waals surface area (Å²) >= 11 is 0. The van der Waals surface area contributed by atoms with Crippen molar-refractivity contribution in [2.24, 2.45) is 5.41 Å². The SMILES string of the molecule is [CH2-]C1(C2=Cc3ccccc3C2)C=CC=C1.[Cl-].[Cl-].[Hf]. The number of hydrogen-bond donors (Lipinski definition) is 0. The van der Waals surface area contributed by atoms with Gasteiger partial charge in [-0.05, 0) is 17.5 Å². The summed E-state index contributed by atoms with van der Waals surface area (Å²) in [5, 5.41) is 0. The summed E-state index contributed by atoms with van der Waals surface area (Å²) in [7, 11) is 0. The normalized spacial score (nSPS) is 17.1. The zero-order valence-corrected chi connectivity index (χ0v) is 15.0. The van der Waals surface area contributed by atoms with E-state index in [1.165, 1.54) is 16.7 Å². The zero-order valence-electron chi connectivity index (χ0n) is 9.87. The molecule has 94 valence electrons. The number of rotatable bonds is 1. The van der Waals surface area contributed by atoms with Crippen molar-refractivity contribution < 1.29 is 50.7 Å². The van der Waals surface area contributed by atoms with Crippen molar-refractivity contribution in [1.29, 1.82) is 0 Å². The third kappa shape index (κ3) is 3.07. The Balaban J connectivity index is 0.000000963. The van der Waals surface area contributed by atoms with Crippen LogP contribution >= 0.6 is 0 Å². The van der Waals surface area contributed by atoms with Crippen molar-refractivity contribution in [3.63, 3.8) is 0 Å². The number of fused-ring (bicyclic) bond motifs is 1. The summed E-state index contributed by atoms with van der Waals surface area (Å²) in [6.45, 7) is 4.29. The van der Waals surface area contributed by atoms with E-state index < -0.39 is 0 Å². The van der Waals surface area contributed by atoms with Gasteiger partial charge in [0.2, 0.25) is 0 Å². The van der Waals surface area contributed by atoms with Crippen LogP contribution in [0.25, 0.3) is 6.08 Å². The van der Waals surface area contributed by atoms with Gasteiger partial charge >= 0.3 is 0 Å². The van der Waals surface area contributed by atoms with Crippen LogP contribution in [-0.4, -0.2) is 0 Å². The molecule has 0 amide bonds. The quantitative estimate of drug-likeness (QED) is 0.336. The second-order valence-electron chi connectivity index (χ2n) is 4.30. The molecule has 3 rings (SSSR count). The van der Waals surface area contributed by atoms with E-state index in [4.69, 9.17) is 0 Å². The average Bonchev–Trinajstić information content (AvgIpc) is 2.84.